The molecule has 0 aromatic carbocycles. The quantitative estimate of drug-likeness (QED) is 0.803. The molecular formula is C16H32N2O. The summed E-state index contributed by atoms with van der Waals surface area (Å²) in [5, 5.41) is 13.6. The number of hydrogen-bond acceptors (Lipinski definition) is 3. The predicted octanol–water partition coefficient (Wildman–Crippen LogP) is 2.39. The molecule has 0 radical (unpaired) electrons. The van der Waals surface area contributed by atoms with Crippen molar-refractivity contribution in [2.24, 2.45) is 5.41 Å². The zero-order chi connectivity index (χ0) is 14.1. The molecule has 2 unspecified atom stereocenters. The van der Waals surface area contributed by atoms with E-state index in [1.807, 2.05) is 0 Å². The van der Waals surface area contributed by atoms with E-state index in [1.54, 1.807) is 0 Å². The average Bonchev–Trinajstić information content (AvgIpc) is 3.11. The lowest BCUT2D eigenvalue weighted by atomic mass is 9.78. The van der Waals surface area contributed by atoms with Gasteiger partial charge in [0.2, 0.25) is 0 Å². The highest BCUT2D eigenvalue weighted by Crippen LogP contribution is 2.34. The van der Waals surface area contributed by atoms with Crippen LogP contribution in [0.15, 0.2) is 0 Å². The first kappa shape index (κ1) is 15.3. The summed E-state index contributed by atoms with van der Waals surface area (Å²) in [5.74, 6) is 0. The topological polar surface area (TPSA) is 35.5 Å². The second-order valence-corrected chi connectivity index (χ2v) is 8.08. The molecule has 2 atom stereocenters. The molecule has 3 nitrogen and oxygen atoms in total. The van der Waals surface area contributed by atoms with Gasteiger partial charge < -0.3 is 15.3 Å². The van der Waals surface area contributed by atoms with Crippen LogP contribution in [0.5, 0.6) is 0 Å². The Morgan fingerprint density at radius 1 is 1.26 bits per heavy atom. The van der Waals surface area contributed by atoms with Gasteiger partial charge in [-0.3, -0.25) is 0 Å². The fourth-order valence-corrected chi connectivity index (χ4v) is 3.57. The summed E-state index contributed by atoms with van der Waals surface area (Å²) in [5.41, 5.74) is 0.341. The van der Waals surface area contributed by atoms with Gasteiger partial charge in [-0.25, -0.2) is 0 Å². The van der Waals surface area contributed by atoms with Crippen LogP contribution in [-0.4, -0.2) is 47.8 Å². The Hall–Kier alpha value is -0.120. The van der Waals surface area contributed by atoms with Crippen molar-refractivity contribution in [3.8, 4) is 0 Å². The number of aliphatic hydroxyl groups is 1. The first-order valence-corrected chi connectivity index (χ1v) is 7.92. The largest absolute Gasteiger partial charge is 0.394 e. The van der Waals surface area contributed by atoms with Gasteiger partial charge in [-0.15, -0.1) is 0 Å². The highest BCUT2D eigenvalue weighted by atomic mass is 16.3. The molecule has 112 valence electrons. The fourth-order valence-electron chi connectivity index (χ4n) is 3.57. The van der Waals surface area contributed by atoms with Gasteiger partial charge in [-0.05, 0) is 51.0 Å². The Balaban J connectivity index is 1.94. The molecule has 2 saturated carbocycles. The van der Waals surface area contributed by atoms with Crippen LogP contribution in [0, 0.1) is 5.41 Å². The Kier molecular flexibility index (Phi) is 4.59. The van der Waals surface area contributed by atoms with E-state index in [9.17, 15) is 5.11 Å². The second kappa shape index (κ2) is 5.71. The van der Waals surface area contributed by atoms with E-state index >= 15 is 0 Å². The summed E-state index contributed by atoms with van der Waals surface area (Å²) in [7, 11) is 2.25. The smallest absolute Gasteiger partial charge is 0.0613 e. The molecule has 0 amide bonds. The van der Waals surface area contributed by atoms with E-state index in [1.165, 1.54) is 25.7 Å². The van der Waals surface area contributed by atoms with E-state index in [-0.39, 0.29) is 5.54 Å². The lowest BCUT2D eigenvalue weighted by Gasteiger charge is -2.45. The highest BCUT2D eigenvalue weighted by molar-refractivity contribution is 5.00. The zero-order valence-electron chi connectivity index (χ0n) is 13.2. The average molecular weight is 268 g/mol. The molecule has 0 bridgehead atoms. The van der Waals surface area contributed by atoms with Crippen molar-refractivity contribution in [1.82, 2.24) is 10.2 Å². The van der Waals surface area contributed by atoms with Crippen molar-refractivity contribution >= 4 is 0 Å². The number of nitrogens with one attached hydrogen (secondary N) is 1. The summed E-state index contributed by atoms with van der Waals surface area (Å²) in [4.78, 5) is 2.51. The van der Waals surface area contributed by atoms with Crippen molar-refractivity contribution in [1.29, 1.82) is 0 Å². The molecule has 2 aliphatic rings. The van der Waals surface area contributed by atoms with Crippen molar-refractivity contribution in [2.75, 3.05) is 20.2 Å². The van der Waals surface area contributed by atoms with Crippen LogP contribution in [0.2, 0.25) is 0 Å². The molecule has 0 spiro atoms. The van der Waals surface area contributed by atoms with Gasteiger partial charge in [-0.2, -0.15) is 0 Å². The van der Waals surface area contributed by atoms with Crippen LogP contribution in [-0.2, 0) is 0 Å². The number of nitrogens with zero attached hydrogens (tertiary/aromatic N) is 1. The molecule has 0 aromatic rings. The zero-order valence-corrected chi connectivity index (χ0v) is 13.2. The standard InChI is InChI=1S/C16H32N2O/c1-15(2,3)11-18(4)14-6-5-9-16(10-14,12-19)17-13-7-8-13/h13-14,17,19H,5-12H2,1-4H3. The molecule has 2 N–H and O–H groups in total. The molecule has 3 heteroatoms. The predicted molar refractivity (Wildman–Crippen MR) is 80.3 cm³/mol. The fraction of sp³-hybridized carbons (Fsp3) is 1.00. The minimum absolute atomic E-state index is 0.00374. The summed E-state index contributed by atoms with van der Waals surface area (Å²) in [6, 6.07) is 1.30. The number of rotatable bonds is 5. The Bertz CT molecular complexity index is 296. The minimum Gasteiger partial charge on any atom is -0.394 e. The molecule has 0 aliphatic heterocycles. The number of hydrogen-bond donors (Lipinski definition) is 2. The van der Waals surface area contributed by atoms with E-state index in [4.69, 9.17) is 0 Å². The summed E-state index contributed by atoms with van der Waals surface area (Å²) in [6.07, 6.45) is 7.35. The SMILES string of the molecule is CN(CC(C)(C)C)C1CCCC(CO)(NC2CC2)C1. The van der Waals surface area contributed by atoms with E-state index in [0.717, 1.165) is 19.4 Å². The third kappa shape index (κ3) is 4.44. The van der Waals surface area contributed by atoms with Gasteiger partial charge in [0.05, 0.1) is 6.61 Å². The van der Waals surface area contributed by atoms with E-state index < -0.39 is 0 Å². The van der Waals surface area contributed by atoms with Crippen LogP contribution in [0.3, 0.4) is 0 Å². The van der Waals surface area contributed by atoms with Gasteiger partial charge in [0.15, 0.2) is 0 Å². The van der Waals surface area contributed by atoms with E-state index in [0.29, 0.717) is 24.1 Å². The lowest BCUT2D eigenvalue weighted by Crippen LogP contribution is -2.56. The maximum atomic E-state index is 9.87. The van der Waals surface area contributed by atoms with Gasteiger partial charge in [-0.1, -0.05) is 20.8 Å². The molecule has 0 aromatic heterocycles. The van der Waals surface area contributed by atoms with Crippen LogP contribution in [0.1, 0.15) is 59.3 Å². The molecular weight excluding hydrogens is 236 g/mol. The second-order valence-electron chi connectivity index (χ2n) is 8.08. The van der Waals surface area contributed by atoms with Crippen LogP contribution >= 0.6 is 0 Å². The van der Waals surface area contributed by atoms with Crippen molar-refractivity contribution in [3.05, 3.63) is 0 Å². The third-order valence-corrected chi connectivity index (χ3v) is 4.56. The first-order valence-electron chi connectivity index (χ1n) is 7.92. The van der Waals surface area contributed by atoms with Crippen molar-refractivity contribution in [3.63, 3.8) is 0 Å². The van der Waals surface area contributed by atoms with E-state index in [2.05, 4.69) is 38.0 Å². The third-order valence-electron chi connectivity index (χ3n) is 4.56. The van der Waals surface area contributed by atoms with Crippen molar-refractivity contribution in [2.45, 2.75) is 76.9 Å². The molecule has 2 fully saturated rings. The van der Waals surface area contributed by atoms with Gasteiger partial charge >= 0.3 is 0 Å². The van der Waals surface area contributed by atoms with Crippen LogP contribution < -0.4 is 5.32 Å². The summed E-state index contributed by atoms with van der Waals surface area (Å²) in [6.45, 7) is 8.32. The van der Waals surface area contributed by atoms with Gasteiger partial charge in [0, 0.05) is 24.2 Å². The van der Waals surface area contributed by atoms with Crippen LogP contribution in [0.25, 0.3) is 0 Å². The maximum Gasteiger partial charge on any atom is 0.0613 e. The monoisotopic (exact) mass is 268 g/mol. The lowest BCUT2D eigenvalue weighted by molar-refractivity contribution is 0.0561. The Morgan fingerprint density at radius 3 is 2.47 bits per heavy atom. The first-order chi connectivity index (χ1) is 8.84. The Morgan fingerprint density at radius 2 is 1.95 bits per heavy atom. The molecule has 0 saturated heterocycles. The normalized spacial score (nSPS) is 32.8. The number of aliphatic hydroxyl groups excluding tert-OH is 1. The van der Waals surface area contributed by atoms with Crippen LogP contribution in [0.4, 0.5) is 0 Å². The summed E-state index contributed by atoms with van der Waals surface area (Å²) < 4.78 is 0. The molecule has 2 aliphatic carbocycles. The summed E-state index contributed by atoms with van der Waals surface area (Å²) >= 11 is 0. The molecule has 19 heavy (non-hydrogen) atoms. The Labute approximate surface area is 118 Å². The minimum atomic E-state index is -0.00374. The van der Waals surface area contributed by atoms with Crippen molar-refractivity contribution < 1.29 is 5.11 Å². The highest BCUT2D eigenvalue weighted by Gasteiger charge is 2.40. The molecule has 0 heterocycles. The molecule has 2 rings (SSSR count). The maximum absolute atomic E-state index is 9.87. The van der Waals surface area contributed by atoms with Gasteiger partial charge in [0.1, 0.15) is 0 Å². The van der Waals surface area contributed by atoms with Gasteiger partial charge in [0.25, 0.3) is 0 Å².